The molecule has 1 aliphatic heterocycles. The van der Waals surface area contributed by atoms with Crippen molar-refractivity contribution in [2.45, 2.75) is 24.7 Å². The molecule has 0 unspecified atom stereocenters. The Bertz CT molecular complexity index is 928. The lowest BCUT2D eigenvalue weighted by atomic mass is 10.0. The van der Waals surface area contributed by atoms with Crippen molar-refractivity contribution in [1.29, 1.82) is 0 Å². The average molecular weight is 350 g/mol. The Morgan fingerprint density at radius 2 is 2.00 bits per heavy atom. The van der Waals surface area contributed by atoms with Crippen LogP contribution in [-0.4, -0.2) is 19.9 Å². The van der Waals surface area contributed by atoms with E-state index in [4.69, 9.17) is 0 Å². The minimum absolute atomic E-state index is 0.0367. The Morgan fingerprint density at radius 3 is 2.71 bits per heavy atom. The second-order valence-corrected chi connectivity index (χ2v) is 7.47. The van der Waals surface area contributed by atoms with Crippen LogP contribution in [0, 0.1) is 22.9 Å². The average Bonchev–Trinajstić information content (AvgIpc) is 2.54. The largest absolute Gasteiger partial charge is 0.270 e. The van der Waals surface area contributed by atoms with Crippen molar-refractivity contribution < 1.29 is 17.7 Å². The van der Waals surface area contributed by atoms with Crippen LogP contribution in [-0.2, 0) is 16.4 Å². The van der Waals surface area contributed by atoms with E-state index in [2.05, 4.69) is 0 Å². The molecule has 0 bridgehead atoms. The first kappa shape index (κ1) is 16.4. The second kappa shape index (κ2) is 5.86. The summed E-state index contributed by atoms with van der Waals surface area (Å²) in [5, 5.41) is 11.0. The Kier molecular flexibility index (Phi) is 4.00. The first-order chi connectivity index (χ1) is 11.3. The van der Waals surface area contributed by atoms with Gasteiger partial charge in [-0.1, -0.05) is 18.2 Å². The smallest absolute Gasteiger partial charge is 0.263 e. The van der Waals surface area contributed by atoms with Crippen molar-refractivity contribution in [3.63, 3.8) is 0 Å². The van der Waals surface area contributed by atoms with Crippen molar-refractivity contribution in [3.8, 4) is 0 Å². The van der Waals surface area contributed by atoms with Gasteiger partial charge in [0.15, 0.2) is 0 Å². The molecule has 0 aliphatic carbocycles. The zero-order chi connectivity index (χ0) is 17.5. The monoisotopic (exact) mass is 350 g/mol. The number of para-hydroxylation sites is 1. The molecule has 0 aromatic heterocycles. The number of nitro groups is 1. The summed E-state index contributed by atoms with van der Waals surface area (Å²) < 4.78 is 41.4. The van der Waals surface area contributed by atoms with Gasteiger partial charge >= 0.3 is 0 Å². The van der Waals surface area contributed by atoms with Crippen LogP contribution in [0.1, 0.15) is 17.5 Å². The first-order valence-corrected chi connectivity index (χ1v) is 8.81. The molecule has 3 rings (SSSR count). The number of aryl methyl sites for hydroxylation is 2. The van der Waals surface area contributed by atoms with Crippen molar-refractivity contribution in [3.05, 3.63) is 63.5 Å². The lowest BCUT2D eigenvalue weighted by Gasteiger charge is -2.31. The van der Waals surface area contributed by atoms with Crippen molar-refractivity contribution in [2.75, 3.05) is 10.8 Å². The van der Waals surface area contributed by atoms with E-state index >= 15 is 0 Å². The summed E-state index contributed by atoms with van der Waals surface area (Å²) in [6, 6.07) is 8.12. The fraction of sp³-hybridized carbons (Fsp3) is 0.250. The molecule has 0 radical (unpaired) electrons. The van der Waals surface area contributed by atoms with Crippen LogP contribution in [0.3, 0.4) is 0 Å². The van der Waals surface area contributed by atoms with Gasteiger partial charge in [0.1, 0.15) is 5.82 Å². The summed E-state index contributed by atoms with van der Waals surface area (Å²) in [6.07, 6.45) is 1.15. The molecule has 2 aromatic rings. The van der Waals surface area contributed by atoms with Crippen molar-refractivity contribution in [1.82, 2.24) is 0 Å². The van der Waals surface area contributed by atoms with Gasteiger partial charge in [-0.05, 0) is 37.0 Å². The first-order valence-electron chi connectivity index (χ1n) is 7.37. The van der Waals surface area contributed by atoms with Gasteiger partial charge in [0.05, 0.1) is 15.5 Å². The maximum Gasteiger partial charge on any atom is 0.270 e. The highest BCUT2D eigenvalue weighted by Gasteiger charge is 2.33. The maximum atomic E-state index is 14.3. The molecule has 0 spiro atoms. The van der Waals surface area contributed by atoms with Gasteiger partial charge in [0, 0.05) is 18.7 Å². The van der Waals surface area contributed by atoms with Crippen LogP contribution in [0.5, 0.6) is 0 Å². The van der Waals surface area contributed by atoms with E-state index in [1.54, 1.807) is 19.1 Å². The van der Waals surface area contributed by atoms with Crippen LogP contribution >= 0.6 is 0 Å². The number of rotatable bonds is 3. The minimum Gasteiger partial charge on any atom is -0.263 e. The Morgan fingerprint density at radius 1 is 1.25 bits per heavy atom. The summed E-state index contributed by atoms with van der Waals surface area (Å²) in [5.74, 6) is -0.612. The van der Waals surface area contributed by atoms with E-state index in [9.17, 15) is 22.9 Å². The van der Waals surface area contributed by atoms with E-state index in [-0.39, 0.29) is 22.8 Å². The van der Waals surface area contributed by atoms with E-state index in [1.165, 1.54) is 18.2 Å². The van der Waals surface area contributed by atoms with E-state index < -0.39 is 20.8 Å². The number of hydrogen-bond donors (Lipinski definition) is 0. The topological polar surface area (TPSA) is 80.5 Å². The Labute approximate surface area is 138 Å². The molecule has 6 nitrogen and oxygen atoms in total. The fourth-order valence-electron chi connectivity index (χ4n) is 2.91. The quantitative estimate of drug-likeness (QED) is 0.629. The predicted octanol–water partition coefficient (Wildman–Crippen LogP) is 3.18. The number of benzene rings is 2. The zero-order valence-electron chi connectivity index (χ0n) is 12.9. The molecule has 0 N–H and O–H groups in total. The molecular formula is C16H15FN2O4S. The molecule has 2 aromatic carbocycles. The van der Waals surface area contributed by atoms with Crippen molar-refractivity contribution in [2.24, 2.45) is 0 Å². The van der Waals surface area contributed by atoms with Crippen LogP contribution in [0.15, 0.2) is 41.3 Å². The normalized spacial score (nSPS) is 14.3. The minimum atomic E-state index is -4.10. The molecule has 0 fully saturated rings. The predicted molar refractivity (Wildman–Crippen MR) is 87.1 cm³/mol. The van der Waals surface area contributed by atoms with Crippen LogP contribution in [0.25, 0.3) is 0 Å². The summed E-state index contributed by atoms with van der Waals surface area (Å²) in [7, 11) is -4.10. The SMILES string of the molecule is Cc1ccc([N+](=O)[O-])cc1S(=O)(=O)N1CCCc2cccc(F)c21. The summed E-state index contributed by atoms with van der Waals surface area (Å²) in [4.78, 5) is 10.1. The van der Waals surface area contributed by atoms with E-state index in [0.717, 1.165) is 10.4 Å². The Hall–Kier alpha value is -2.48. The summed E-state index contributed by atoms with van der Waals surface area (Å²) in [5.41, 5.74) is 0.719. The number of nitro benzene ring substituents is 1. The van der Waals surface area contributed by atoms with Gasteiger partial charge < -0.3 is 0 Å². The van der Waals surface area contributed by atoms with Gasteiger partial charge in [-0.25, -0.2) is 12.8 Å². The number of fused-ring (bicyclic) bond motifs is 1. The number of sulfonamides is 1. The second-order valence-electron chi connectivity index (χ2n) is 5.64. The third-order valence-electron chi connectivity index (χ3n) is 4.08. The number of hydrogen-bond acceptors (Lipinski definition) is 4. The summed E-state index contributed by atoms with van der Waals surface area (Å²) >= 11 is 0. The molecule has 24 heavy (non-hydrogen) atoms. The molecule has 1 aliphatic rings. The van der Waals surface area contributed by atoms with Crippen LogP contribution in [0.2, 0.25) is 0 Å². The van der Waals surface area contributed by atoms with Crippen LogP contribution < -0.4 is 4.31 Å². The zero-order valence-corrected chi connectivity index (χ0v) is 13.7. The van der Waals surface area contributed by atoms with Gasteiger partial charge in [-0.3, -0.25) is 14.4 Å². The van der Waals surface area contributed by atoms with E-state index in [1.807, 2.05) is 0 Å². The Balaban J connectivity index is 2.18. The third kappa shape index (κ3) is 2.62. The molecular weight excluding hydrogens is 335 g/mol. The van der Waals surface area contributed by atoms with Gasteiger partial charge in [0.25, 0.3) is 15.7 Å². The van der Waals surface area contributed by atoms with Gasteiger partial charge in [0.2, 0.25) is 0 Å². The lowest BCUT2D eigenvalue weighted by Crippen LogP contribution is -2.36. The number of nitrogens with zero attached hydrogens (tertiary/aromatic N) is 2. The number of halogens is 1. The molecule has 0 amide bonds. The fourth-order valence-corrected chi connectivity index (χ4v) is 4.70. The highest BCUT2D eigenvalue weighted by Crippen LogP contribution is 2.35. The van der Waals surface area contributed by atoms with Crippen molar-refractivity contribution >= 4 is 21.4 Å². The highest BCUT2D eigenvalue weighted by atomic mass is 32.2. The van der Waals surface area contributed by atoms with Gasteiger partial charge in [-0.2, -0.15) is 0 Å². The molecule has 0 saturated heterocycles. The summed E-state index contributed by atoms with van der Waals surface area (Å²) in [6.45, 7) is 1.70. The molecule has 0 saturated carbocycles. The molecule has 0 atom stereocenters. The lowest BCUT2D eigenvalue weighted by molar-refractivity contribution is -0.385. The number of anilines is 1. The molecule has 1 heterocycles. The standard InChI is InChI=1S/C16H15FN2O4S/c1-11-7-8-13(19(20)21)10-15(11)24(22,23)18-9-3-5-12-4-2-6-14(17)16(12)18/h2,4,6-8,10H,3,5,9H2,1H3. The van der Waals surface area contributed by atoms with Gasteiger partial charge in [-0.15, -0.1) is 0 Å². The van der Waals surface area contributed by atoms with E-state index in [0.29, 0.717) is 24.0 Å². The van der Waals surface area contributed by atoms with Crippen LogP contribution in [0.4, 0.5) is 15.8 Å². The highest BCUT2D eigenvalue weighted by molar-refractivity contribution is 7.92. The molecule has 126 valence electrons. The molecule has 8 heteroatoms. The number of non-ortho nitro benzene ring substituents is 1. The third-order valence-corrected chi connectivity index (χ3v) is 6.02. The maximum absolute atomic E-state index is 14.3.